The molecule has 0 radical (unpaired) electrons. The van der Waals surface area contributed by atoms with Crippen molar-refractivity contribution in [2.24, 2.45) is 5.41 Å². The molecule has 3 atom stereocenters. The standard InChI is InChI=1S/C21H32NO9P/c1-15(18(25)13-23)22-32(28,31-16-9-6-5-7-10-16)30-14-21(2,3)20(27)17(24)11-8-12-19(26)29-4/h5-7,9-10,15,20,23,27H,8,11-14H2,1-4H3,(H,22,28). The van der Waals surface area contributed by atoms with Gasteiger partial charge in [0.1, 0.15) is 18.5 Å². The number of carbonyl (C=O) groups is 3. The molecule has 0 fully saturated rings. The average molecular weight is 473 g/mol. The van der Waals surface area contributed by atoms with E-state index in [1.165, 1.54) is 14.0 Å². The van der Waals surface area contributed by atoms with Gasteiger partial charge < -0.3 is 19.5 Å². The summed E-state index contributed by atoms with van der Waals surface area (Å²) in [5, 5.41) is 22.0. The first-order valence-corrected chi connectivity index (χ1v) is 11.7. The van der Waals surface area contributed by atoms with Gasteiger partial charge in [-0.05, 0) is 25.5 Å². The summed E-state index contributed by atoms with van der Waals surface area (Å²) in [6.45, 7) is 3.38. The van der Waals surface area contributed by atoms with Crippen molar-refractivity contribution in [3.63, 3.8) is 0 Å². The molecule has 1 rings (SSSR count). The third kappa shape index (κ3) is 9.18. The quantitative estimate of drug-likeness (QED) is 0.255. The molecule has 0 aromatic heterocycles. The number of para-hydroxylation sites is 1. The van der Waals surface area contributed by atoms with Crippen molar-refractivity contribution in [3.05, 3.63) is 30.3 Å². The SMILES string of the molecule is COC(=O)CCCC(=O)C(O)C(C)(C)COP(=O)(NC(C)C(=O)CO)Oc1ccccc1. The molecule has 180 valence electrons. The number of carbonyl (C=O) groups excluding carboxylic acids is 3. The van der Waals surface area contributed by atoms with Gasteiger partial charge >= 0.3 is 13.7 Å². The molecule has 1 aromatic rings. The van der Waals surface area contributed by atoms with Gasteiger partial charge in [0.05, 0.1) is 19.8 Å². The topological polar surface area (TPSA) is 148 Å². The molecule has 0 amide bonds. The third-order valence-electron chi connectivity index (χ3n) is 4.64. The van der Waals surface area contributed by atoms with Crippen molar-refractivity contribution in [3.8, 4) is 5.75 Å². The van der Waals surface area contributed by atoms with Crippen molar-refractivity contribution >= 4 is 25.3 Å². The number of rotatable bonds is 15. The van der Waals surface area contributed by atoms with Gasteiger partial charge in [-0.2, -0.15) is 0 Å². The molecular formula is C21H32NO9P. The largest absolute Gasteiger partial charge is 0.469 e. The Hall–Kier alpha value is -2.10. The number of ketones is 2. The molecule has 10 nitrogen and oxygen atoms in total. The van der Waals surface area contributed by atoms with Gasteiger partial charge in [0, 0.05) is 18.3 Å². The fraction of sp³-hybridized carbons (Fsp3) is 0.571. The first-order valence-electron chi connectivity index (χ1n) is 10.1. The van der Waals surface area contributed by atoms with Gasteiger partial charge in [-0.25, -0.2) is 9.65 Å². The number of esters is 1. The van der Waals surface area contributed by atoms with Crippen LogP contribution in [0.5, 0.6) is 5.75 Å². The zero-order valence-corrected chi connectivity index (χ0v) is 19.7. The first-order chi connectivity index (χ1) is 14.9. The lowest BCUT2D eigenvalue weighted by Gasteiger charge is -2.31. The van der Waals surface area contributed by atoms with E-state index in [0.29, 0.717) is 0 Å². The van der Waals surface area contributed by atoms with Crippen molar-refractivity contribution in [2.45, 2.75) is 52.2 Å². The van der Waals surface area contributed by atoms with Crippen molar-refractivity contribution < 1.29 is 42.9 Å². The number of ether oxygens (including phenoxy) is 1. The van der Waals surface area contributed by atoms with Crippen LogP contribution in [0.2, 0.25) is 0 Å². The highest BCUT2D eigenvalue weighted by molar-refractivity contribution is 7.52. The highest BCUT2D eigenvalue weighted by Crippen LogP contribution is 2.46. The van der Waals surface area contributed by atoms with Crippen LogP contribution in [0.1, 0.15) is 40.0 Å². The number of nitrogens with one attached hydrogen (secondary N) is 1. The summed E-state index contributed by atoms with van der Waals surface area (Å²) in [7, 11) is -2.89. The van der Waals surface area contributed by atoms with E-state index in [1.54, 1.807) is 44.2 Å². The predicted molar refractivity (Wildman–Crippen MR) is 116 cm³/mol. The summed E-state index contributed by atoms with van der Waals surface area (Å²) in [6.07, 6.45) is -1.23. The van der Waals surface area contributed by atoms with Crippen molar-refractivity contribution in [2.75, 3.05) is 20.3 Å². The van der Waals surface area contributed by atoms with Crippen LogP contribution in [0.15, 0.2) is 30.3 Å². The van der Waals surface area contributed by atoms with Crippen LogP contribution in [0.25, 0.3) is 0 Å². The maximum atomic E-state index is 13.3. The van der Waals surface area contributed by atoms with E-state index in [9.17, 15) is 24.1 Å². The molecule has 0 bridgehead atoms. The molecule has 3 N–H and O–H groups in total. The number of Topliss-reactive ketones (excluding diaryl/α,β-unsaturated/α-hetero) is 2. The van der Waals surface area contributed by atoms with E-state index < -0.39 is 49.4 Å². The zero-order chi connectivity index (χ0) is 24.4. The molecule has 0 heterocycles. The summed E-state index contributed by atoms with van der Waals surface area (Å²) < 4.78 is 28.8. The molecule has 32 heavy (non-hydrogen) atoms. The van der Waals surface area contributed by atoms with Crippen LogP contribution < -0.4 is 9.61 Å². The van der Waals surface area contributed by atoms with E-state index in [4.69, 9.17) is 14.2 Å². The minimum Gasteiger partial charge on any atom is -0.469 e. The Bertz CT molecular complexity index is 813. The smallest absolute Gasteiger partial charge is 0.459 e. The minimum atomic E-state index is -4.13. The van der Waals surface area contributed by atoms with E-state index in [0.717, 1.165) is 0 Å². The Kier molecular flexibility index (Phi) is 11.2. The number of aliphatic hydroxyl groups excluding tert-OH is 2. The van der Waals surface area contributed by atoms with Crippen LogP contribution >= 0.6 is 7.75 Å². The second-order valence-electron chi connectivity index (χ2n) is 7.94. The lowest BCUT2D eigenvalue weighted by atomic mass is 9.84. The molecule has 0 spiro atoms. The molecule has 0 aliphatic heterocycles. The second-order valence-corrected chi connectivity index (χ2v) is 9.63. The Balaban J connectivity index is 2.86. The summed E-state index contributed by atoms with van der Waals surface area (Å²) in [5.41, 5.74) is -1.16. The van der Waals surface area contributed by atoms with Crippen LogP contribution in [-0.2, 0) is 28.2 Å². The summed E-state index contributed by atoms with van der Waals surface area (Å²) >= 11 is 0. The van der Waals surface area contributed by atoms with Gasteiger partial charge in [-0.1, -0.05) is 32.0 Å². The van der Waals surface area contributed by atoms with Gasteiger partial charge in [0.15, 0.2) is 11.6 Å². The van der Waals surface area contributed by atoms with E-state index >= 15 is 0 Å². The Morgan fingerprint density at radius 1 is 1.12 bits per heavy atom. The minimum absolute atomic E-state index is 0.0435. The summed E-state index contributed by atoms with van der Waals surface area (Å²) in [4.78, 5) is 35.3. The lowest BCUT2D eigenvalue weighted by Crippen LogP contribution is -2.41. The molecule has 0 aliphatic carbocycles. The van der Waals surface area contributed by atoms with Gasteiger partial charge in [0.2, 0.25) is 0 Å². The summed E-state index contributed by atoms with van der Waals surface area (Å²) in [6, 6.07) is 7.09. The maximum Gasteiger partial charge on any atom is 0.459 e. The van der Waals surface area contributed by atoms with E-state index in [2.05, 4.69) is 9.82 Å². The number of benzene rings is 1. The lowest BCUT2D eigenvalue weighted by molar-refractivity contribution is -0.141. The van der Waals surface area contributed by atoms with Gasteiger partial charge in [-0.3, -0.25) is 18.9 Å². The second kappa shape index (κ2) is 12.8. The molecule has 11 heteroatoms. The fourth-order valence-electron chi connectivity index (χ4n) is 2.57. The predicted octanol–water partition coefficient (Wildman–Crippen LogP) is 2.03. The summed E-state index contributed by atoms with van der Waals surface area (Å²) in [5.74, 6) is -1.36. The van der Waals surface area contributed by atoms with Crippen LogP contribution in [0.3, 0.4) is 0 Å². The monoisotopic (exact) mass is 473 g/mol. The molecular weight excluding hydrogens is 441 g/mol. The first kappa shape index (κ1) is 27.9. The number of hydrogen-bond donors (Lipinski definition) is 3. The highest BCUT2D eigenvalue weighted by Gasteiger charge is 2.38. The average Bonchev–Trinajstić information content (AvgIpc) is 2.77. The van der Waals surface area contributed by atoms with Crippen LogP contribution in [0.4, 0.5) is 0 Å². The van der Waals surface area contributed by atoms with Crippen LogP contribution in [0, 0.1) is 5.41 Å². The van der Waals surface area contributed by atoms with Crippen molar-refractivity contribution in [1.82, 2.24) is 5.09 Å². The molecule has 0 saturated carbocycles. The molecule has 3 unspecified atom stereocenters. The van der Waals surface area contributed by atoms with E-state index in [-0.39, 0.29) is 31.6 Å². The molecule has 1 aromatic carbocycles. The van der Waals surface area contributed by atoms with Gasteiger partial charge in [0.25, 0.3) is 0 Å². The molecule has 0 aliphatic rings. The molecule has 0 saturated heterocycles. The van der Waals surface area contributed by atoms with Gasteiger partial charge in [-0.15, -0.1) is 0 Å². The number of aliphatic hydroxyl groups is 2. The fourth-order valence-corrected chi connectivity index (χ4v) is 4.27. The Labute approximate surface area is 187 Å². The Morgan fingerprint density at radius 3 is 2.31 bits per heavy atom. The number of hydrogen-bond acceptors (Lipinski definition) is 9. The maximum absolute atomic E-state index is 13.3. The third-order valence-corrected chi connectivity index (χ3v) is 6.27. The normalized spacial score (nSPS) is 15.3. The zero-order valence-electron chi connectivity index (χ0n) is 18.8. The van der Waals surface area contributed by atoms with Crippen molar-refractivity contribution in [1.29, 1.82) is 0 Å². The van der Waals surface area contributed by atoms with E-state index in [1.807, 2.05) is 0 Å². The Morgan fingerprint density at radius 2 is 1.75 bits per heavy atom. The highest BCUT2D eigenvalue weighted by atomic mass is 31.2. The van der Waals surface area contributed by atoms with Crippen LogP contribution in [-0.4, -0.2) is 60.2 Å². The number of methoxy groups -OCH3 is 1.